The highest BCUT2D eigenvalue weighted by molar-refractivity contribution is 14.1. The van der Waals surface area contributed by atoms with E-state index < -0.39 is 0 Å². The fourth-order valence-corrected chi connectivity index (χ4v) is 0.937. The van der Waals surface area contributed by atoms with Crippen LogP contribution in [0.15, 0.2) is 24.3 Å². The molecule has 0 unspecified atom stereocenters. The lowest BCUT2D eigenvalue weighted by molar-refractivity contribution is 1.60. The summed E-state index contributed by atoms with van der Waals surface area (Å²) in [5.74, 6) is 0. The van der Waals surface area contributed by atoms with Gasteiger partial charge in [-0.25, -0.2) is 0 Å². The SMILES string of the molecule is [O-][N+]#Cc1ccc([123I])cc1. The first kappa shape index (κ1) is 7.35. The van der Waals surface area contributed by atoms with Crippen LogP contribution in [0.3, 0.4) is 0 Å². The summed E-state index contributed by atoms with van der Waals surface area (Å²) in [6, 6.07) is 9.68. The Morgan fingerprint density at radius 3 is 2.40 bits per heavy atom. The Morgan fingerprint density at radius 1 is 1.30 bits per heavy atom. The molecular weight excluding hydrogens is 237 g/mol. The highest BCUT2D eigenvalue weighted by atomic mass is 123. The molecule has 2 nitrogen and oxygen atoms in total. The molecule has 0 amide bonds. The minimum Gasteiger partial charge on any atom is -0.498 e. The number of benzene rings is 1. The molecule has 0 saturated carbocycles. The number of halogens is 1. The van der Waals surface area contributed by atoms with Gasteiger partial charge in [0.15, 0.2) is 0 Å². The monoisotopic (exact) mass is 241 g/mol. The molecule has 0 saturated heterocycles. The molecule has 0 aliphatic carbocycles. The average Bonchev–Trinajstić information content (AvgIpc) is 1.95. The molecule has 0 N–H and O–H groups in total. The van der Waals surface area contributed by atoms with Gasteiger partial charge in [0.25, 0.3) is 0 Å². The molecule has 0 heterocycles. The molecule has 1 rings (SSSR count). The van der Waals surface area contributed by atoms with E-state index >= 15 is 0 Å². The van der Waals surface area contributed by atoms with Crippen LogP contribution in [0, 0.1) is 14.8 Å². The topological polar surface area (TPSA) is 27.4 Å². The van der Waals surface area contributed by atoms with E-state index in [9.17, 15) is 5.21 Å². The third-order valence-corrected chi connectivity index (χ3v) is 1.74. The second kappa shape index (κ2) is 3.42. The molecule has 0 atom stereocenters. The largest absolute Gasteiger partial charge is 0.498 e. The highest BCUT2D eigenvalue weighted by Gasteiger charge is 1.91. The zero-order chi connectivity index (χ0) is 7.40. The molecular formula is C7H4INO. The van der Waals surface area contributed by atoms with Gasteiger partial charge in [-0.15, -0.1) is 0 Å². The quantitative estimate of drug-likeness (QED) is 0.506. The molecule has 0 aromatic heterocycles. The molecule has 1 aromatic rings. The Balaban J connectivity index is 2.97. The molecule has 0 fully saturated rings. The average molecular weight is 241 g/mol. The molecule has 0 spiro atoms. The standard InChI is InChI=1S/C7H4INO/c8-7-3-1-6(2-4-7)5-9-10/h1-4H/i8-4. The first-order valence-corrected chi connectivity index (χ1v) is 3.75. The van der Waals surface area contributed by atoms with Crippen LogP contribution in [-0.2, 0) is 0 Å². The van der Waals surface area contributed by atoms with Crippen LogP contribution in [0.1, 0.15) is 5.56 Å². The minimum absolute atomic E-state index is 0.718. The van der Waals surface area contributed by atoms with Crippen molar-refractivity contribution >= 4 is 22.6 Å². The van der Waals surface area contributed by atoms with Gasteiger partial charge in [0.1, 0.15) is 5.56 Å². The van der Waals surface area contributed by atoms with Crippen molar-refractivity contribution in [3.05, 3.63) is 43.6 Å². The lowest BCUT2D eigenvalue weighted by Gasteiger charge is -1.84. The van der Waals surface area contributed by atoms with Crippen LogP contribution in [0.5, 0.6) is 0 Å². The fourth-order valence-electron chi connectivity index (χ4n) is 0.577. The third-order valence-electron chi connectivity index (χ3n) is 1.02. The van der Waals surface area contributed by atoms with Gasteiger partial charge >= 0.3 is 6.07 Å². The van der Waals surface area contributed by atoms with E-state index in [1.165, 1.54) is 0 Å². The predicted molar refractivity (Wildman–Crippen MR) is 48.9 cm³/mol. The zero-order valence-corrected chi connectivity index (χ0v) is 7.20. The van der Waals surface area contributed by atoms with Gasteiger partial charge in [-0.3, -0.25) is 0 Å². The first-order valence-electron chi connectivity index (χ1n) is 2.67. The van der Waals surface area contributed by atoms with E-state index in [-0.39, 0.29) is 0 Å². The van der Waals surface area contributed by atoms with E-state index in [0.29, 0.717) is 0 Å². The zero-order valence-electron chi connectivity index (χ0n) is 5.04. The van der Waals surface area contributed by atoms with Crippen LogP contribution in [-0.4, -0.2) is 0 Å². The summed E-state index contributed by atoms with van der Waals surface area (Å²) in [4.78, 5) is 0. The van der Waals surface area contributed by atoms with Gasteiger partial charge in [0, 0.05) is 8.58 Å². The van der Waals surface area contributed by atoms with Crippen molar-refractivity contribution in [1.82, 2.24) is 0 Å². The fraction of sp³-hybridized carbons (Fsp3) is 0. The van der Waals surface area contributed by atoms with Crippen LogP contribution >= 0.6 is 22.6 Å². The Morgan fingerprint density at radius 2 is 1.90 bits per heavy atom. The van der Waals surface area contributed by atoms with Crippen LogP contribution in [0.2, 0.25) is 0 Å². The van der Waals surface area contributed by atoms with E-state index in [1.807, 2.05) is 12.1 Å². The normalized spacial score (nSPS) is 8.10. The highest BCUT2D eigenvalue weighted by Crippen LogP contribution is 2.05. The minimum atomic E-state index is 0.718. The molecule has 0 radical (unpaired) electrons. The molecule has 1 aromatic carbocycles. The van der Waals surface area contributed by atoms with Crippen molar-refractivity contribution in [2.24, 2.45) is 0 Å². The van der Waals surface area contributed by atoms with Gasteiger partial charge in [0.2, 0.25) is 0 Å². The summed E-state index contributed by atoms with van der Waals surface area (Å²) in [6.07, 6.45) is 0. The molecule has 10 heavy (non-hydrogen) atoms. The Bertz CT molecular complexity index is 270. The summed E-state index contributed by atoms with van der Waals surface area (Å²) in [5.41, 5.74) is 0.718. The molecule has 3 heteroatoms. The van der Waals surface area contributed by atoms with Crippen molar-refractivity contribution in [3.8, 4) is 6.07 Å². The number of hydrogen-bond acceptors (Lipinski definition) is 1. The van der Waals surface area contributed by atoms with Gasteiger partial charge in [0.05, 0.1) is 0 Å². The number of hydrogen-bond donors (Lipinski definition) is 0. The Labute approximate surface area is 72.4 Å². The van der Waals surface area contributed by atoms with Crippen molar-refractivity contribution in [2.75, 3.05) is 0 Å². The second-order valence-electron chi connectivity index (χ2n) is 1.71. The maximum Gasteiger partial charge on any atom is 0.336 e. The van der Waals surface area contributed by atoms with Crippen LogP contribution < -0.4 is 0 Å². The molecule has 50 valence electrons. The third kappa shape index (κ3) is 1.88. The predicted octanol–water partition coefficient (Wildman–Crippen LogP) is 2.47. The summed E-state index contributed by atoms with van der Waals surface area (Å²) in [5, 5.41) is 12.2. The van der Waals surface area contributed by atoms with Crippen molar-refractivity contribution in [1.29, 1.82) is 0 Å². The maximum atomic E-state index is 9.70. The summed E-state index contributed by atoms with van der Waals surface area (Å²) >= 11 is 2.19. The van der Waals surface area contributed by atoms with Crippen molar-refractivity contribution in [2.45, 2.75) is 0 Å². The van der Waals surface area contributed by atoms with Gasteiger partial charge < -0.3 is 5.21 Å². The number of rotatable bonds is 0. The maximum absolute atomic E-state index is 9.70. The Hall–Kier alpha value is -0.760. The van der Waals surface area contributed by atoms with E-state index in [0.717, 1.165) is 9.13 Å². The smallest absolute Gasteiger partial charge is 0.336 e. The molecule has 0 bridgehead atoms. The van der Waals surface area contributed by atoms with Gasteiger partial charge in [-0.05, 0) is 46.9 Å². The second-order valence-corrected chi connectivity index (χ2v) is 2.96. The van der Waals surface area contributed by atoms with E-state index in [4.69, 9.17) is 0 Å². The lowest BCUT2D eigenvalue weighted by Crippen LogP contribution is -1.72. The molecule has 0 aliphatic rings. The summed E-state index contributed by atoms with van der Waals surface area (Å²) < 4.78 is 1.13. The van der Waals surface area contributed by atoms with Crippen molar-refractivity contribution < 1.29 is 0 Å². The molecule has 0 aliphatic heterocycles. The van der Waals surface area contributed by atoms with Crippen molar-refractivity contribution in [3.63, 3.8) is 0 Å². The Kier molecular flexibility index (Phi) is 2.51. The van der Waals surface area contributed by atoms with E-state index in [1.54, 1.807) is 12.1 Å². The summed E-state index contributed by atoms with van der Waals surface area (Å²) in [6.45, 7) is 0. The van der Waals surface area contributed by atoms with Gasteiger partial charge in [-0.2, -0.15) is 0 Å². The van der Waals surface area contributed by atoms with Crippen LogP contribution in [0.4, 0.5) is 0 Å². The van der Waals surface area contributed by atoms with E-state index in [2.05, 4.69) is 33.7 Å². The van der Waals surface area contributed by atoms with Crippen LogP contribution in [0.25, 0.3) is 5.01 Å². The summed E-state index contributed by atoms with van der Waals surface area (Å²) in [7, 11) is 0. The number of nitrogens with zero attached hydrogens (tertiary/aromatic N) is 1. The van der Waals surface area contributed by atoms with Gasteiger partial charge in [-0.1, -0.05) is 0 Å². The first-order chi connectivity index (χ1) is 4.83. The lowest BCUT2D eigenvalue weighted by atomic mass is 10.2.